The Hall–Kier alpha value is -1.20. The van der Waals surface area contributed by atoms with Gasteiger partial charge in [0.2, 0.25) is 0 Å². The number of hydrogen-bond donors (Lipinski definition) is 2. The fraction of sp³-hybridized carbons (Fsp3) is 0.462. The van der Waals surface area contributed by atoms with Crippen molar-refractivity contribution in [3.05, 3.63) is 18.2 Å². The normalized spacial score (nSPS) is 13.2. The van der Waals surface area contributed by atoms with Crippen LogP contribution in [0.2, 0.25) is 0 Å². The molecule has 0 aliphatic carbocycles. The van der Waals surface area contributed by atoms with E-state index in [0.29, 0.717) is 5.92 Å². The van der Waals surface area contributed by atoms with Gasteiger partial charge in [0.05, 0.1) is 18.1 Å². The van der Waals surface area contributed by atoms with Gasteiger partial charge in [-0.2, -0.15) is 0 Å². The molecule has 0 radical (unpaired) electrons. The number of aromatic nitrogens is 2. The molecule has 1 atom stereocenters. The molecule has 0 bridgehead atoms. The summed E-state index contributed by atoms with van der Waals surface area (Å²) in [4.78, 5) is 7.80. The van der Waals surface area contributed by atoms with Crippen LogP contribution in [0.5, 0.6) is 5.75 Å². The van der Waals surface area contributed by atoms with E-state index >= 15 is 0 Å². The van der Waals surface area contributed by atoms with Crippen molar-refractivity contribution in [3.63, 3.8) is 0 Å². The molecule has 18 heavy (non-hydrogen) atoms. The second-order valence-corrected chi connectivity index (χ2v) is 5.65. The number of imidazole rings is 1. The predicted octanol–water partition coefficient (Wildman–Crippen LogP) is 2.65. The molecule has 0 amide bonds. The Kier molecular flexibility index (Phi) is 4.14. The summed E-state index contributed by atoms with van der Waals surface area (Å²) in [6, 6.07) is 6.02. The van der Waals surface area contributed by atoms with Crippen molar-refractivity contribution in [1.29, 1.82) is 0 Å². The SMILES string of the molecule is COc1ccc2nc(SCC(N)C(C)C)[nH]c2c1. The Balaban J connectivity index is 2.10. The summed E-state index contributed by atoms with van der Waals surface area (Å²) >= 11 is 1.66. The summed E-state index contributed by atoms with van der Waals surface area (Å²) in [5, 5.41) is 0.911. The molecule has 1 aromatic carbocycles. The lowest BCUT2D eigenvalue weighted by Gasteiger charge is -2.13. The molecule has 3 N–H and O–H groups in total. The van der Waals surface area contributed by atoms with Crippen LogP contribution >= 0.6 is 11.8 Å². The van der Waals surface area contributed by atoms with E-state index in [0.717, 1.165) is 27.7 Å². The minimum atomic E-state index is 0.192. The monoisotopic (exact) mass is 265 g/mol. The fourth-order valence-electron chi connectivity index (χ4n) is 1.53. The van der Waals surface area contributed by atoms with Crippen LogP contribution in [0, 0.1) is 5.92 Å². The highest BCUT2D eigenvalue weighted by Gasteiger charge is 2.10. The second-order valence-electron chi connectivity index (χ2n) is 4.64. The van der Waals surface area contributed by atoms with E-state index in [1.54, 1.807) is 18.9 Å². The van der Waals surface area contributed by atoms with Gasteiger partial charge in [-0.05, 0) is 18.1 Å². The third-order valence-electron chi connectivity index (χ3n) is 2.94. The summed E-state index contributed by atoms with van der Waals surface area (Å²) in [5.41, 5.74) is 7.97. The Morgan fingerprint density at radius 3 is 2.89 bits per heavy atom. The Morgan fingerprint density at radius 2 is 2.22 bits per heavy atom. The molecule has 1 heterocycles. The smallest absolute Gasteiger partial charge is 0.166 e. The molecule has 4 nitrogen and oxygen atoms in total. The third-order valence-corrected chi connectivity index (χ3v) is 3.95. The van der Waals surface area contributed by atoms with Gasteiger partial charge in [-0.25, -0.2) is 4.98 Å². The predicted molar refractivity (Wildman–Crippen MR) is 76.2 cm³/mol. The lowest BCUT2D eigenvalue weighted by Crippen LogP contribution is -2.28. The summed E-state index contributed by atoms with van der Waals surface area (Å²) < 4.78 is 5.19. The zero-order chi connectivity index (χ0) is 13.1. The minimum absolute atomic E-state index is 0.192. The van der Waals surface area contributed by atoms with Crippen LogP contribution in [0.1, 0.15) is 13.8 Å². The molecule has 5 heteroatoms. The van der Waals surface area contributed by atoms with E-state index in [9.17, 15) is 0 Å². The molecule has 0 aliphatic rings. The van der Waals surface area contributed by atoms with Gasteiger partial charge in [0.25, 0.3) is 0 Å². The maximum absolute atomic E-state index is 6.02. The number of benzene rings is 1. The molecule has 2 aromatic rings. The maximum atomic E-state index is 6.02. The van der Waals surface area contributed by atoms with Crippen molar-refractivity contribution in [2.75, 3.05) is 12.9 Å². The first-order chi connectivity index (χ1) is 8.60. The maximum Gasteiger partial charge on any atom is 0.166 e. The van der Waals surface area contributed by atoms with E-state index in [1.807, 2.05) is 18.2 Å². The Bertz CT molecular complexity index is 524. The van der Waals surface area contributed by atoms with Gasteiger partial charge in [-0.3, -0.25) is 0 Å². The summed E-state index contributed by atoms with van der Waals surface area (Å²) in [6.45, 7) is 4.27. The molecule has 0 fully saturated rings. The van der Waals surface area contributed by atoms with Crippen molar-refractivity contribution in [2.24, 2.45) is 11.7 Å². The van der Waals surface area contributed by atoms with Gasteiger partial charge in [-0.1, -0.05) is 25.6 Å². The molecular formula is C13H19N3OS. The average molecular weight is 265 g/mol. The number of hydrogen-bond acceptors (Lipinski definition) is 4. The van der Waals surface area contributed by atoms with Crippen molar-refractivity contribution in [1.82, 2.24) is 9.97 Å². The van der Waals surface area contributed by atoms with Crippen LogP contribution in [-0.4, -0.2) is 28.9 Å². The van der Waals surface area contributed by atoms with Crippen LogP contribution < -0.4 is 10.5 Å². The molecule has 1 aromatic heterocycles. The van der Waals surface area contributed by atoms with E-state index in [2.05, 4.69) is 23.8 Å². The van der Waals surface area contributed by atoms with Gasteiger partial charge >= 0.3 is 0 Å². The van der Waals surface area contributed by atoms with Gasteiger partial charge in [-0.15, -0.1) is 0 Å². The highest BCUT2D eigenvalue weighted by molar-refractivity contribution is 7.99. The number of rotatable bonds is 5. The first-order valence-electron chi connectivity index (χ1n) is 6.02. The number of fused-ring (bicyclic) bond motifs is 1. The number of nitrogens with one attached hydrogen (secondary N) is 1. The van der Waals surface area contributed by atoms with Crippen molar-refractivity contribution >= 4 is 22.8 Å². The molecule has 0 saturated heterocycles. The number of H-pyrrole nitrogens is 1. The molecule has 0 spiro atoms. The van der Waals surface area contributed by atoms with Gasteiger partial charge in [0, 0.05) is 17.9 Å². The standard InChI is InChI=1S/C13H19N3OS/c1-8(2)10(14)7-18-13-15-11-5-4-9(17-3)6-12(11)16-13/h4-6,8,10H,7,14H2,1-3H3,(H,15,16). The van der Waals surface area contributed by atoms with Gasteiger partial charge in [0.15, 0.2) is 5.16 Å². The van der Waals surface area contributed by atoms with Crippen molar-refractivity contribution in [2.45, 2.75) is 25.0 Å². The number of aromatic amines is 1. The first-order valence-corrected chi connectivity index (χ1v) is 7.01. The first kappa shape index (κ1) is 13.2. The molecule has 0 saturated carbocycles. The van der Waals surface area contributed by atoms with Crippen molar-refractivity contribution in [3.8, 4) is 5.75 Å². The number of nitrogens with two attached hydrogens (primary N) is 1. The zero-order valence-corrected chi connectivity index (χ0v) is 11.8. The number of methoxy groups -OCH3 is 1. The fourth-order valence-corrected chi connectivity index (χ4v) is 2.61. The molecule has 98 valence electrons. The van der Waals surface area contributed by atoms with Crippen LogP contribution in [-0.2, 0) is 0 Å². The van der Waals surface area contributed by atoms with Crippen LogP contribution in [0.15, 0.2) is 23.4 Å². The largest absolute Gasteiger partial charge is 0.497 e. The summed E-state index contributed by atoms with van der Waals surface area (Å²) in [6.07, 6.45) is 0. The number of thioether (sulfide) groups is 1. The van der Waals surface area contributed by atoms with E-state index in [1.165, 1.54) is 0 Å². The lowest BCUT2D eigenvalue weighted by atomic mass is 10.1. The quantitative estimate of drug-likeness (QED) is 0.816. The van der Waals surface area contributed by atoms with E-state index in [4.69, 9.17) is 10.5 Å². The van der Waals surface area contributed by atoms with Crippen LogP contribution in [0.25, 0.3) is 11.0 Å². The molecule has 1 unspecified atom stereocenters. The van der Waals surface area contributed by atoms with Gasteiger partial charge < -0.3 is 15.5 Å². The number of ether oxygens (including phenoxy) is 1. The topological polar surface area (TPSA) is 63.9 Å². The highest BCUT2D eigenvalue weighted by Crippen LogP contribution is 2.23. The van der Waals surface area contributed by atoms with E-state index < -0.39 is 0 Å². The van der Waals surface area contributed by atoms with Gasteiger partial charge in [0.1, 0.15) is 5.75 Å². The third kappa shape index (κ3) is 2.97. The zero-order valence-electron chi connectivity index (χ0n) is 10.9. The van der Waals surface area contributed by atoms with Crippen LogP contribution in [0.4, 0.5) is 0 Å². The minimum Gasteiger partial charge on any atom is -0.497 e. The summed E-state index contributed by atoms with van der Waals surface area (Å²) in [5.74, 6) is 2.19. The molecular weight excluding hydrogens is 246 g/mol. The summed E-state index contributed by atoms with van der Waals surface area (Å²) in [7, 11) is 1.66. The average Bonchev–Trinajstić information content (AvgIpc) is 2.77. The lowest BCUT2D eigenvalue weighted by molar-refractivity contribution is 0.415. The van der Waals surface area contributed by atoms with E-state index in [-0.39, 0.29) is 6.04 Å². The second kappa shape index (κ2) is 5.63. The van der Waals surface area contributed by atoms with Crippen LogP contribution in [0.3, 0.4) is 0 Å². The Labute approximate surface area is 111 Å². The molecule has 2 rings (SSSR count). The molecule has 0 aliphatic heterocycles. The highest BCUT2D eigenvalue weighted by atomic mass is 32.2. The Morgan fingerprint density at radius 1 is 1.44 bits per heavy atom. The van der Waals surface area contributed by atoms with Crippen molar-refractivity contribution < 1.29 is 4.74 Å². The number of nitrogens with zero attached hydrogens (tertiary/aromatic N) is 1.